The highest BCUT2D eigenvalue weighted by molar-refractivity contribution is 7.18. The van der Waals surface area contributed by atoms with Crippen LogP contribution in [0.4, 0.5) is 5.69 Å². The largest absolute Gasteiger partial charge is 0.326 e. The quantitative estimate of drug-likeness (QED) is 0.453. The Balaban J connectivity index is 1.16. The zero-order valence-electron chi connectivity index (χ0n) is 17.4. The van der Waals surface area contributed by atoms with Gasteiger partial charge in [-0.15, -0.1) is 21.5 Å². The number of aromatic nitrogens is 4. The lowest BCUT2D eigenvalue weighted by Gasteiger charge is -2.08. The van der Waals surface area contributed by atoms with E-state index in [-0.39, 0.29) is 5.91 Å². The van der Waals surface area contributed by atoms with E-state index in [0.29, 0.717) is 6.42 Å². The lowest BCUT2D eigenvalue weighted by Crippen LogP contribution is -2.11. The summed E-state index contributed by atoms with van der Waals surface area (Å²) in [6, 6.07) is 16.1. The van der Waals surface area contributed by atoms with Crippen LogP contribution in [0, 0.1) is 0 Å². The van der Waals surface area contributed by atoms with Crippen molar-refractivity contribution in [1.29, 1.82) is 0 Å². The average Bonchev–Trinajstić information content (AvgIpc) is 3.30. The lowest BCUT2D eigenvalue weighted by molar-refractivity contribution is -0.116. The van der Waals surface area contributed by atoms with Crippen LogP contribution in [0.15, 0.2) is 48.5 Å². The molecule has 158 valence electrons. The smallest absolute Gasteiger partial charge is 0.224 e. The summed E-state index contributed by atoms with van der Waals surface area (Å²) >= 11 is 1.71. The first kappa shape index (κ1) is 19.9. The monoisotopic (exact) mass is 431 g/mol. The van der Waals surface area contributed by atoms with Crippen molar-refractivity contribution in [1.82, 2.24) is 19.7 Å². The van der Waals surface area contributed by atoms with Crippen molar-refractivity contribution in [2.24, 2.45) is 0 Å². The van der Waals surface area contributed by atoms with Crippen LogP contribution in [0.3, 0.4) is 0 Å². The van der Waals surface area contributed by atoms with Gasteiger partial charge in [0.05, 0.1) is 15.2 Å². The zero-order chi connectivity index (χ0) is 21.0. The number of thiazole rings is 1. The number of aryl methyl sites for hydroxylation is 2. The maximum absolute atomic E-state index is 12.4. The second-order valence-electron chi connectivity index (χ2n) is 7.96. The van der Waals surface area contributed by atoms with Crippen LogP contribution in [0.5, 0.6) is 0 Å². The van der Waals surface area contributed by atoms with Gasteiger partial charge in [0.2, 0.25) is 5.91 Å². The van der Waals surface area contributed by atoms with Crippen LogP contribution in [0.1, 0.15) is 42.9 Å². The number of hydrogen-bond acceptors (Lipinski definition) is 5. The summed E-state index contributed by atoms with van der Waals surface area (Å²) in [4.78, 5) is 17.0. The molecule has 6 nitrogen and oxygen atoms in total. The van der Waals surface area contributed by atoms with Crippen LogP contribution in [-0.4, -0.2) is 25.7 Å². The molecule has 0 atom stereocenters. The van der Waals surface area contributed by atoms with E-state index in [1.165, 1.54) is 24.0 Å². The van der Waals surface area contributed by atoms with E-state index in [4.69, 9.17) is 0 Å². The molecule has 2 aromatic carbocycles. The fourth-order valence-electron chi connectivity index (χ4n) is 4.05. The number of anilines is 1. The molecule has 31 heavy (non-hydrogen) atoms. The first-order chi connectivity index (χ1) is 15.3. The molecule has 0 saturated heterocycles. The predicted octanol–water partition coefficient (Wildman–Crippen LogP) is 5.24. The Bertz CT molecular complexity index is 1160. The molecule has 0 radical (unpaired) electrons. The molecule has 0 fully saturated rings. The SMILES string of the molecule is O=C(CCCc1nc2ccccc2s1)Nc1ccc(-c2nnc3n2CCCCC3)cc1. The summed E-state index contributed by atoms with van der Waals surface area (Å²) < 4.78 is 3.44. The summed E-state index contributed by atoms with van der Waals surface area (Å²) in [6.45, 7) is 0.977. The van der Waals surface area contributed by atoms with Crippen molar-refractivity contribution >= 4 is 33.1 Å². The van der Waals surface area contributed by atoms with Gasteiger partial charge < -0.3 is 9.88 Å². The van der Waals surface area contributed by atoms with E-state index in [0.717, 1.165) is 59.2 Å². The Morgan fingerprint density at radius 1 is 1.03 bits per heavy atom. The number of amides is 1. The molecule has 2 aromatic heterocycles. The number of para-hydroxylation sites is 1. The van der Waals surface area contributed by atoms with Crippen molar-refractivity contribution in [3.05, 3.63) is 59.4 Å². The van der Waals surface area contributed by atoms with Crippen LogP contribution >= 0.6 is 11.3 Å². The van der Waals surface area contributed by atoms with Gasteiger partial charge in [0.15, 0.2) is 5.82 Å². The second kappa shape index (κ2) is 8.98. The highest BCUT2D eigenvalue weighted by atomic mass is 32.1. The van der Waals surface area contributed by atoms with E-state index in [9.17, 15) is 4.79 Å². The molecular weight excluding hydrogens is 406 g/mol. The molecule has 0 unspecified atom stereocenters. The van der Waals surface area contributed by atoms with Crippen LogP contribution in [-0.2, 0) is 24.2 Å². The Labute approximate surface area is 185 Å². The number of carbonyl (C=O) groups excluding carboxylic acids is 1. The van der Waals surface area contributed by atoms with Gasteiger partial charge in [0.1, 0.15) is 5.82 Å². The summed E-state index contributed by atoms with van der Waals surface area (Å²) in [6.07, 6.45) is 6.69. The number of nitrogens with zero attached hydrogens (tertiary/aromatic N) is 4. The highest BCUT2D eigenvalue weighted by Gasteiger charge is 2.16. The van der Waals surface area contributed by atoms with E-state index >= 15 is 0 Å². The third-order valence-electron chi connectivity index (χ3n) is 5.67. The maximum Gasteiger partial charge on any atom is 0.224 e. The number of carbonyl (C=O) groups is 1. The van der Waals surface area contributed by atoms with E-state index < -0.39 is 0 Å². The average molecular weight is 432 g/mol. The van der Waals surface area contributed by atoms with E-state index in [1.54, 1.807) is 11.3 Å². The van der Waals surface area contributed by atoms with Gasteiger partial charge in [-0.3, -0.25) is 4.79 Å². The van der Waals surface area contributed by atoms with Gasteiger partial charge in [-0.05, 0) is 62.1 Å². The fourth-order valence-corrected chi connectivity index (χ4v) is 5.06. The Kier molecular flexibility index (Phi) is 5.76. The van der Waals surface area contributed by atoms with Gasteiger partial charge >= 0.3 is 0 Å². The molecule has 5 rings (SSSR count). The Morgan fingerprint density at radius 3 is 2.77 bits per heavy atom. The standard InChI is InChI=1S/C24H25N5OS/c30-22(10-6-11-23-26-19-7-3-4-8-20(19)31-23)25-18-14-12-17(13-15-18)24-28-27-21-9-2-1-5-16-29(21)24/h3-4,7-8,12-15H,1-2,5-6,9-11,16H2,(H,25,30). The van der Waals surface area contributed by atoms with Crippen LogP contribution in [0.25, 0.3) is 21.6 Å². The Morgan fingerprint density at radius 2 is 1.90 bits per heavy atom. The first-order valence-electron chi connectivity index (χ1n) is 10.9. The number of rotatable bonds is 6. The predicted molar refractivity (Wildman–Crippen MR) is 124 cm³/mol. The summed E-state index contributed by atoms with van der Waals surface area (Å²) in [5.74, 6) is 2.04. The van der Waals surface area contributed by atoms with Gasteiger partial charge in [-0.2, -0.15) is 0 Å². The van der Waals surface area contributed by atoms with E-state index in [1.807, 2.05) is 42.5 Å². The minimum Gasteiger partial charge on any atom is -0.326 e. The van der Waals surface area contributed by atoms with Gasteiger partial charge in [-0.1, -0.05) is 18.6 Å². The maximum atomic E-state index is 12.4. The molecule has 1 amide bonds. The topological polar surface area (TPSA) is 72.7 Å². The molecule has 1 aliphatic rings. The number of benzene rings is 2. The fraction of sp³-hybridized carbons (Fsp3) is 0.333. The number of fused-ring (bicyclic) bond motifs is 2. The van der Waals surface area contributed by atoms with Crippen molar-refractivity contribution < 1.29 is 4.79 Å². The molecule has 0 saturated carbocycles. The third-order valence-corrected chi connectivity index (χ3v) is 6.77. The molecule has 1 aliphatic heterocycles. The molecular formula is C24H25N5OS. The zero-order valence-corrected chi connectivity index (χ0v) is 18.2. The second-order valence-corrected chi connectivity index (χ2v) is 9.07. The summed E-state index contributed by atoms with van der Waals surface area (Å²) in [7, 11) is 0. The van der Waals surface area contributed by atoms with Gasteiger partial charge in [-0.25, -0.2) is 4.98 Å². The van der Waals surface area contributed by atoms with Crippen molar-refractivity contribution in [2.75, 3.05) is 5.32 Å². The molecule has 3 heterocycles. The van der Waals surface area contributed by atoms with Crippen molar-refractivity contribution in [3.8, 4) is 11.4 Å². The molecule has 4 aromatic rings. The van der Waals surface area contributed by atoms with Gasteiger partial charge in [0.25, 0.3) is 0 Å². The molecule has 0 bridgehead atoms. The van der Waals surface area contributed by atoms with Crippen molar-refractivity contribution in [2.45, 2.75) is 51.5 Å². The minimum atomic E-state index is 0.0326. The third kappa shape index (κ3) is 4.51. The first-order valence-corrected chi connectivity index (χ1v) is 11.7. The number of nitrogens with one attached hydrogen (secondary N) is 1. The van der Waals surface area contributed by atoms with Gasteiger partial charge in [0, 0.05) is 30.6 Å². The molecule has 7 heteroatoms. The van der Waals surface area contributed by atoms with E-state index in [2.05, 4.69) is 31.1 Å². The van der Waals surface area contributed by atoms with Crippen molar-refractivity contribution in [3.63, 3.8) is 0 Å². The summed E-state index contributed by atoms with van der Waals surface area (Å²) in [5, 5.41) is 12.9. The van der Waals surface area contributed by atoms with Crippen LogP contribution in [0.2, 0.25) is 0 Å². The Hall–Kier alpha value is -3.06. The number of hydrogen-bond donors (Lipinski definition) is 1. The molecule has 1 N–H and O–H groups in total. The highest BCUT2D eigenvalue weighted by Crippen LogP contribution is 2.25. The summed E-state index contributed by atoms with van der Waals surface area (Å²) in [5.41, 5.74) is 2.88. The molecule has 0 spiro atoms. The van der Waals surface area contributed by atoms with Crippen LogP contribution < -0.4 is 5.32 Å². The normalized spacial score (nSPS) is 13.7. The minimum absolute atomic E-state index is 0.0326. The molecule has 0 aliphatic carbocycles. The lowest BCUT2D eigenvalue weighted by atomic mass is 10.2.